The zero-order valence-electron chi connectivity index (χ0n) is 19.5. The molecule has 1 saturated heterocycles. The van der Waals surface area contributed by atoms with Gasteiger partial charge in [-0.1, -0.05) is 6.07 Å². The molecule has 8 heteroatoms. The van der Waals surface area contributed by atoms with E-state index in [1.165, 1.54) is 7.11 Å². The number of rotatable bonds is 3. The maximum absolute atomic E-state index is 13.2. The summed E-state index contributed by atoms with van der Waals surface area (Å²) < 4.78 is 19.0. The number of nitrogens with one attached hydrogen (secondary N) is 1. The van der Waals surface area contributed by atoms with Gasteiger partial charge in [-0.15, -0.1) is 0 Å². The van der Waals surface area contributed by atoms with Crippen molar-refractivity contribution in [1.82, 2.24) is 14.8 Å². The molecule has 2 aliphatic heterocycles. The van der Waals surface area contributed by atoms with Gasteiger partial charge in [-0.2, -0.15) is 5.10 Å². The number of benzene rings is 1. The molecular formula is C25H29N3O5. The van der Waals surface area contributed by atoms with Crippen molar-refractivity contribution in [2.45, 2.75) is 64.9 Å². The molecular weight excluding hydrogens is 422 g/mol. The largest absolute Gasteiger partial charge is 0.465 e. The van der Waals surface area contributed by atoms with E-state index in [1.807, 2.05) is 37.6 Å². The number of hydrogen-bond donors (Lipinski definition) is 1. The highest BCUT2D eigenvalue weighted by molar-refractivity contribution is 6.05. The van der Waals surface area contributed by atoms with Gasteiger partial charge in [-0.05, 0) is 57.2 Å². The molecule has 2 aliphatic rings. The van der Waals surface area contributed by atoms with Gasteiger partial charge < -0.3 is 19.2 Å². The van der Waals surface area contributed by atoms with E-state index in [2.05, 4.69) is 10.1 Å². The first-order valence-electron chi connectivity index (χ1n) is 11.4. The summed E-state index contributed by atoms with van der Waals surface area (Å²) in [6.07, 6.45) is 5.26. The fourth-order valence-corrected chi connectivity index (χ4v) is 5.03. The van der Waals surface area contributed by atoms with Crippen LogP contribution in [0, 0.1) is 6.92 Å². The topological polar surface area (TPSA) is 95.4 Å². The van der Waals surface area contributed by atoms with Gasteiger partial charge in [0.05, 0.1) is 31.0 Å². The number of hydrogen-bond acceptors (Lipinski definition) is 6. The smallest absolute Gasteiger partial charge is 0.344 e. The van der Waals surface area contributed by atoms with Crippen molar-refractivity contribution in [1.29, 1.82) is 0 Å². The molecule has 1 aromatic carbocycles. The number of nitrogens with zero attached hydrogens (tertiary/aromatic N) is 2. The molecule has 1 atom stereocenters. The number of fused-ring (bicyclic) bond motifs is 2. The van der Waals surface area contributed by atoms with Crippen LogP contribution in [0.2, 0.25) is 0 Å². The highest BCUT2D eigenvalue weighted by atomic mass is 16.5. The lowest BCUT2D eigenvalue weighted by Gasteiger charge is -2.33. The van der Waals surface area contributed by atoms with Gasteiger partial charge in [0, 0.05) is 35.2 Å². The van der Waals surface area contributed by atoms with Crippen molar-refractivity contribution in [2.24, 2.45) is 0 Å². The highest BCUT2D eigenvalue weighted by Crippen LogP contribution is 2.40. The molecule has 0 amide bonds. The Morgan fingerprint density at radius 1 is 1.27 bits per heavy atom. The van der Waals surface area contributed by atoms with Crippen LogP contribution in [-0.4, -0.2) is 40.1 Å². The first kappa shape index (κ1) is 21.9. The Bertz CT molecular complexity index is 1300. The highest BCUT2D eigenvalue weighted by Gasteiger charge is 2.34. The van der Waals surface area contributed by atoms with E-state index in [4.69, 9.17) is 14.2 Å². The molecule has 0 radical (unpaired) electrons. The van der Waals surface area contributed by atoms with E-state index in [0.29, 0.717) is 18.6 Å². The fourth-order valence-electron chi connectivity index (χ4n) is 5.03. The number of carbonyl (C=O) groups excluding carboxylic acids is 1. The number of aromatic amines is 1. The van der Waals surface area contributed by atoms with Crippen molar-refractivity contribution < 1.29 is 19.0 Å². The lowest BCUT2D eigenvalue weighted by Crippen LogP contribution is -2.36. The second kappa shape index (κ2) is 8.11. The second-order valence-electron chi connectivity index (χ2n) is 9.48. The van der Waals surface area contributed by atoms with Crippen LogP contribution in [0.1, 0.15) is 66.5 Å². The third kappa shape index (κ3) is 3.67. The molecule has 8 nitrogen and oxygen atoms in total. The molecule has 0 spiro atoms. The lowest BCUT2D eigenvalue weighted by atomic mass is 9.86. The van der Waals surface area contributed by atoms with Gasteiger partial charge in [0.15, 0.2) is 6.23 Å². The van der Waals surface area contributed by atoms with Crippen molar-refractivity contribution in [3.05, 3.63) is 51.1 Å². The quantitative estimate of drug-likeness (QED) is 0.604. The number of methoxy groups -OCH3 is 1. The Kier molecular flexibility index (Phi) is 5.37. The molecule has 0 saturated carbocycles. The van der Waals surface area contributed by atoms with E-state index < -0.39 is 17.1 Å². The average Bonchev–Trinajstić information content (AvgIpc) is 3.22. The molecule has 1 N–H and O–H groups in total. The van der Waals surface area contributed by atoms with Crippen LogP contribution in [0.3, 0.4) is 0 Å². The minimum absolute atomic E-state index is 0.00294. The van der Waals surface area contributed by atoms with Crippen molar-refractivity contribution in [3.63, 3.8) is 0 Å². The van der Waals surface area contributed by atoms with Crippen molar-refractivity contribution in [2.75, 3.05) is 13.7 Å². The maximum Gasteiger partial charge on any atom is 0.344 e. The predicted octanol–water partition coefficient (Wildman–Crippen LogP) is 4.04. The second-order valence-corrected chi connectivity index (χ2v) is 9.48. The summed E-state index contributed by atoms with van der Waals surface area (Å²) in [5.74, 6) is -0.668. The van der Waals surface area contributed by atoms with Gasteiger partial charge in [0.25, 0.3) is 5.56 Å². The maximum atomic E-state index is 13.2. The molecule has 5 rings (SSSR count). The molecule has 1 unspecified atom stereocenters. The van der Waals surface area contributed by atoms with Crippen LogP contribution < -0.4 is 5.56 Å². The van der Waals surface area contributed by atoms with E-state index in [-0.39, 0.29) is 18.4 Å². The summed E-state index contributed by atoms with van der Waals surface area (Å²) in [4.78, 5) is 28.9. The number of aryl methyl sites for hydroxylation is 1. The number of ether oxygens (including phenoxy) is 3. The number of aromatic nitrogens is 3. The predicted molar refractivity (Wildman–Crippen MR) is 123 cm³/mol. The van der Waals surface area contributed by atoms with Crippen LogP contribution in [0.4, 0.5) is 0 Å². The minimum Gasteiger partial charge on any atom is -0.465 e. The summed E-state index contributed by atoms with van der Waals surface area (Å²) in [5.41, 5.74) is 3.96. The van der Waals surface area contributed by atoms with Gasteiger partial charge in [-0.3, -0.25) is 4.79 Å². The van der Waals surface area contributed by atoms with Gasteiger partial charge in [-0.25, -0.2) is 9.48 Å². The Balaban J connectivity index is 1.80. The number of H-pyrrole nitrogens is 1. The van der Waals surface area contributed by atoms with Gasteiger partial charge in [0.1, 0.15) is 5.56 Å². The monoisotopic (exact) mass is 451 g/mol. The zero-order chi connectivity index (χ0) is 23.3. The molecule has 33 heavy (non-hydrogen) atoms. The molecule has 0 aliphatic carbocycles. The van der Waals surface area contributed by atoms with E-state index >= 15 is 0 Å². The molecule has 0 bridgehead atoms. The average molecular weight is 452 g/mol. The molecule has 2 aromatic heterocycles. The molecule has 3 aromatic rings. The fraction of sp³-hybridized carbons (Fsp3) is 0.480. The summed E-state index contributed by atoms with van der Waals surface area (Å²) in [6, 6.07) is 4.02. The van der Waals surface area contributed by atoms with Crippen LogP contribution in [-0.2, 0) is 27.2 Å². The van der Waals surface area contributed by atoms with E-state index in [0.717, 1.165) is 52.5 Å². The van der Waals surface area contributed by atoms with Crippen LogP contribution in [0.5, 0.6) is 0 Å². The van der Waals surface area contributed by atoms with Crippen molar-refractivity contribution in [3.8, 4) is 11.1 Å². The van der Waals surface area contributed by atoms with Gasteiger partial charge in [0.2, 0.25) is 0 Å². The number of carbonyl (C=O) groups is 1. The van der Waals surface area contributed by atoms with E-state index in [1.54, 1.807) is 6.20 Å². The normalized spacial score (nSPS) is 19.9. The standard InChI is InChI=1S/C25H29N3O5/c1-14-8-9-18-15(12-26-28(18)19-7-5-6-10-32-19)20(14)21-16-13-33-25(2,3)11-17(16)27-23(29)22(21)24(30)31-4/h8-9,12,19H,5-7,10-11,13H2,1-4H3,(H,27,29). The summed E-state index contributed by atoms with van der Waals surface area (Å²) in [6.45, 7) is 6.95. The third-order valence-electron chi connectivity index (χ3n) is 6.67. The third-order valence-corrected chi connectivity index (χ3v) is 6.67. The minimum atomic E-state index is -0.668. The number of pyridine rings is 1. The number of esters is 1. The Morgan fingerprint density at radius 2 is 2.09 bits per heavy atom. The summed E-state index contributed by atoms with van der Waals surface area (Å²) in [5, 5.41) is 5.52. The van der Waals surface area contributed by atoms with Crippen molar-refractivity contribution >= 4 is 16.9 Å². The first-order chi connectivity index (χ1) is 15.8. The SMILES string of the molecule is COC(=O)c1c(-c2c(C)ccc3c2cnn3C2CCCCO2)c2c([nH]c1=O)CC(C)(C)OC2. The van der Waals surface area contributed by atoms with E-state index in [9.17, 15) is 9.59 Å². The Morgan fingerprint density at radius 3 is 2.82 bits per heavy atom. The molecule has 174 valence electrons. The lowest BCUT2D eigenvalue weighted by molar-refractivity contribution is -0.0411. The zero-order valence-corrected chi connectivity index (χ0v) is 19.5. The Hall–Kier alpha value is -2.97. The van der Waals surface area contributed by atoms with Crippen LogP contribution in [0.15, 0.2) is 23.1 Å². The summed E-state index contributed by atoms with van der Waals surface area (Å²) >= 11 is 0. The Labute approximate surface area is 191 Å². The first-order valence-corrected chi connectivity index (χ1v) is 11.4. The summed E-state index contributed by atoms with van der Waals surface area (Å²) in [7, 11) is 1.29. The van der Waals surface area contributed by atoms with Crippen LogP contribution in [0.25, 0.3) is 22.0 Å². The molecule has 4 heterocycles. The molecule has 1 fully saturated rings. The van der Waals surface area contributed by atoms with Gasteiger partial charge >= 0.3 is 5.97 Å². The van der Waals surface area contributed by atoms with Crippen LogP contribution >= 0.6 is 0 Å².